The fraction of sp³-hybridized carbons (Fsp3) is 0.474. The smallest absolute Gasteiger partial charge is 0.237 e. The lowest BCUT2D eigenvalue weighted by atomic mass is 9.98. The molecule has 6 nitrogen and oxygen atoms in total. The molecule has 0 radical (unpaired) electrons. The molecular formula is C19H26N4O2. The number of carbonyl (C=O) groups is 2. The van der Waals surface area contributed by atoms with E-state index in [0.29, 0.717) is 32.5 Å². The Hall–Kier alpha value is -2.18. The SMILES string of the molecule is CCN[C@@H](CNC(=O)C1Cc2c([nH]c3ccccc23)CN1)C(=O)CC. The van der Waals surface area contributed by atoms with Crippen molar-refractivity contribution in [1.29, 1.82) is 0 Å². The Kier molecular flexibility index (Phi) is 5.50. The van der Waals surface area contributed by atoms with E-state index in [1.807, 2.05) is 26.0 Å². The standard InChI is InChI=1S/C19H26N4O2/c1-3-18(24)17(20-4-2)11-22-19(25)15-9-13-12-7-5-6-8-14(12)23-16(13)10-21-15/h5-8,15,17,20-21,23H,3-4,9-11H2,1-2H3,(H,22,25)/t15?,17-/m0/s1. The van der Waals surface area contributed by atoms with Gasteiger partial charge in [0.25, 0.3) is 0 Å². The maximum Gasteiger partial charge on any atom is 0.237 e. The molecule has 1 aliphatic heterocycles. The summed E-state index contributed by atoms with van der Waals surface area (Å²) in [4.78, 5) is 27.9. The lowest BCUT2D eigenvalue weighted by Crippen LogP contribution is -2.52. The van der Waals surface area contributed by atoms with E-state index >= 15 is 0 Å². The van der Waals surface area contributed by atoms with Gasteiger partial charge in [0.2, 0.25) is 5.91 Å². The highest BCUT2D eigenvalue weighted by molar-refractivity contribution is 5.89. The van der Waals surface area contributed by atoms with Gasteiger partial charge in [-0.3, -0.25) is 14.9 Å². The normalized spacial score (nSPS) is 17.9. The summed E-state index contributed by atoms with van der Waals surface area (Å²) in [5.74, 6) is 0.0698. The number of amides is 1. The number of fused-ring (bicyclic) bond motifs is 3. The molecule has 0 bridgehead atoms. The summed E-state index contributed by atoms with van der Waals surface area (Å²) in [6.07, 6.45) is 1.12. The molecule has 1 aromatic carbocycles. The van der Waals surface area contributed by atoms with Crippen molar-refractivity contribution >= 4 is 22.6 Å². The lowest BCUT2D eigenvalue weighted by molar-refractivity contribution is -0.124. The molecule has 2 aromatic rings. The molecule has 0 saturated heterocycles. The molecule has 25 heavy (non-hydrogen) atoms. The number of carbonyl (C=O) groups excluding carboxylic acids is 2. The van der Waals surface area contributed by atoms with Crippen LogP contribution < -0.4 is 16.0 Å². The highest BCUT2D eigenvalue weighted by atomic mass is 16.2. The summed E-state index contributed by atoms with van der Waals surface area (Å²) in [6.45, 7) is 5.48. The van der Waals surface area contributed by atoms with Crippen molar-refractivity contribution in [3.8, 4) is 0 Å². The second-order valence-corrected chi connectivity index (χ2v) is 6.44. The van der Waals surface area contributed by atoms with Crippen molar-refractivity contribution in [2.24, 2.45) is 0 Å². The zero-order chi connectivity index (χ0) is 17.8. The summed E-state index contributed by atoms with van der Waals surface area (Å²) in [5, 5.41) is 10.5. The zero-order valence-electron chi connectivity index (χ0n) is 14.8. The van der Waals surface area contributed by atoms with Gasteiger partial charge in [0.1, 0.15) is 0 Å². The van der Waals surface area contributed by atoms with Crippen LogP contribution in [0.3, 0.4) is 0 Å². The van der Waals surface area contributed by atoms with Gasteiger partial charge in [-0.15, -0.1) is 0 Å². The summed E-state index contributed by atoms with van der Waals surface area (Å²) >= 11 is 0. The first-order valence-electron chi connectivity index (χ1n) is 8.99. The fourth-order valence-corrected chi connectivity index (χ4v) is 3.45. The van der Waals surface area contributed by atoms with Crippen LogP contribution in [0.2, 0.25) is 0 Å². The molecule has 0 saturated carbocycles. The van der Waals surface area contributed by atoms with Crippen LogP contribution >= 0.6 is 0 Å². The Morgan fingerprint density at radius 2 is 2.08 bits per heavy atom. The molecule has 2 heterocycles. The van der Waals surface area contributed by atoms with Crippen LogP contribution in [0.4, 0.5) is 0 Å². The van der Waals surface area contributed by atoms with Crippen molar-refractivity contribution in [3.63, 3.8) is 0 Å². The molecule has 1 unspecified atom stereocenters. The minimum Gasteiger partial charge on any atom is -0.357 e. The van der Waals surface area contributed by atoms with E-state index < -0.39 is 0 Å². The maximum absolute atomic E-state index is 12.6. The van der Waals surface area contributed by atoms with E-state index in [1.54, 1.807) is 0 Å². The molecule has 0 aliphatic carbocycles. The van der Waals surface area contributed by atoms with Crippen molar-refractivity contribution in [2.45, 2.75) is 45.3 Å². The number of nitrogens with one attached hydrogen (secondary N) is 4. The number of rotatable bonds is 7. The first kappa shape index (κ1) is 17.6. The summed E-state index contributed by atoms with van der Waals surface area (Å²) in [5.41, 5.74) is 3.47. The number of hydrogen-bond acceptors (Lipinski definition) is 4. The van der Waals surface area contributed by atoms with E-state index in [4.69, 9.17) is 0 Å². The van der Waals surface area contributed by atoms with Crippen LogP contribution in [-0.2, 0) is 22.6 Å². The molecule has 0 fully saturated rings. The van der Waals surface area contributed by atoms with Gasteiger partial charge in [-0.2, -0.15) is 0 Å². The van der Waals surface area contributed by atoms with Gasteiger partial charge in [-0.1, -0.05) is 32.0 Å². The number of ketones is 1. The first-order chi connectivity index (χ1) is 12.1. The van der Waals surface area contributed by atoms with Crippen LogP contribution in [0.15, 0.2) is 24.3 Å². The Morgan fingerprint density at radius 3 is 2.84 bits per heavy atom. The Bertz CT molecular complexity index is 768. The number of hydrogen-bond donors (Lipinski definition) is 4. The molecule has 4 N–H and O–H groups in total. The van der Waals surface area contributed by atoms with Gasteiger partial charge >= 0.3 is 0 Å². The molecule has 3 rings (SSSR count). The number of Topliss-reactive ketones (excluding diaryl/α,β-unsaturated/α-hetero) is 1. The average Bonchev–Trinajstić information content (AvgIpc) is 3.02. The summed E-state index contributed by atoms with van der Waals surface area (Å²) in [6, 6.07) is 7.59. The molecule has 1 aromatic heterocycles. The maximum atomic E-state index is 12.6. The Balaban J connectivity index is 1.65. The third-order valence-electron chi connectivity index (χ3n) is 4.82. The molecule has 2 atom stereocenters. The van der Waals surface area contributed by atoms with Gasteiger partial charge in [-0.05, 0) is 24.6 Å². The van der Waals surface area contributed by atoms with E-state index in [9.17, 15) is 9.59 Å². The highest BCUT2D eigenvalue weighted by Gasteiger charge is 2.27. The number of likely N-dealkylation sites (N-methyl/N-ethyl adjacent to an activating group) is 1. The highest BCUT2D eigenvalue weighted by Crippen LogP contribution is 2.26. The molecular weight excluding hydrogens is 316 g/mol. The van der Waals surface area contributed by atoms with Crippen LogP contribution in [-0.4, -0.2) is 41.8 Å². The number of aromatic nitrogens is 1. The third kappa shape index (κ3) is 3.75. The summed E-state index contributed by atoms with van der Waals surface area (Å²) < 4.78 is 0. The van der Waals surface area contributed by atoms with Crippen molar-refractivity contribution in [2.75, 3.05) is 13.1 Å². The minimum absolute atomic E-state index is 0.0530. The number of aromatic amines is 1. The largest absolute Gasteiger partial charge is 0.357 e. The predicted molar refractivity (Wildman–Crippen MR) is 98.4 cm³/mol. The van der Waals surface area contributed by atoms with Crippen LogP contribution in [0.5, 0.6) is 0 Å². The van der Waals surface area contributed by atoms with Gasteiger partial charge in [0.05, 0.1) is 12.1 Å². The Labute approximate surface area is 147 Å². The third-order valence-corrected chi connectivity index (χ3v) is 4.82. The molecule has 134 valence electrons. The number of H-pyrrole nitrogens is 1. The molecule has 1 aliphatic rings. The Morgan fingerprint density at radius 1 is 1.28 bits per heavy atom. The fourth-order valence-electron chi connectivity index (χ4n) is 3.45. The van der Waals surface area contributed by atoms with Crippen LogP contribution in [0.25, 0.3) is 10.9 Å². The topological polar surface area (TPSA) is 86.0 Å². The zero-order valence-corrected chi connectivity index (χ0v) is 14.8. The first-order valence-corrected chi connectivity index (χ1v) is 8.99. The van der Waals surface area contributed by atoms with Gasteiger partial charge in [-0.25, -0.2) is 0 Å². The van der Waals surface area contributed by atoms with E-state index in [-0.39, 0.29) is 23.8 Å². The average molecular weight is 342 g/mol. The van der Waals surface area contributed by atoms with Crippen molar-refractivity contribution in [1.82, 2.24) is 20.9 Å². The van der Waals surface area contributed by atoms with Gasteiger partial charge < -0.3 is 15.6 Å². The minimum atomic E-state index is -0.314. The molecule has 0 spiro atoms. The lowest BCUT2D eigenvalue weighted by Gasteiger charge is -2.24. The van der Waals surface area contributed by atoms with Gasteiger partial charge in [0.15, 0.2) is 5.78 Å². The molecule has 6 heteroatoms. The number of para-hydroxylation sites is 1. The monoisotopic (exact) mass is 342 g/mol. The predicted octanol–water partition coefficient (Wildman–Crippen LogP) is 1.26. The van der Waals surface area contributed by atoms with E-state index in [1.165, 1.54) is 10.9 Å². The molecule has 1 amide bonds. The quantitative estimate of drug-likeness (QED) is 0.610. The van der Waals surface area contributed by atoms with Gasteiger partial charge in [0, 0.05) is 36.1 Å². The van der Waals surface area contributed by atoms with E-state index in [0.717, 1.165) is 11.2 Å². The van der Waals surface area contributed by atoms with Crippen LogP contribution in [0.1, 0.15) is 31.5 Å². The second-order valence-electron chi connectivity index (χ2n) is 6.44. The van der Waals surface area contributed by atoms with Crippen molar-refractivity contribution in [3.05, 3.63) is 35.5 Å². The van der Waals surface area contributed by atoms with Crippen molar-refractivity contribution < 1.29 is 9.59 Å². The second kappa shape index (κ2) is 7.80. The number of benzene rings is 1. The van der Waals surface area contributed by atoms with E-state index in [2.05, 4.69) is 33.1 Å². The van der Waals surface area contributed by atoms with Crippen LogP contribution in [0, 0.1) is 0 Å². The summed E-state index contributed by atoms with van der Waals surface area (Å²) in [7, 11) is 0.